The van der Waals surface area contributed by atoms with Gasteiger partial charge in [0.1, 0.15) is 0 Å². The summed E-state index contributed by atoms with van der Waals surface area (Å²) in [4.78, 5) is 17.9. The van der Waals surface area contributed by atoms with Gasteiger partial charge in [-0.2, -0.15) is 5.10 Å². The van der Waals surface area contributed by atoms with Crippen LogP contribution in [0.4, 0.5) is 0 Å². The molecule has 5 heteroatoms. The summed E-state index contributed by atoms with van der Waals surface area (Å²) < 4.78 is 1.72. The lowest BCUT2D eigenvalue weighted by Crippen LogP contribution is -2.26. The van der Waals surface area contributed by atoms with E-state index in [0.29, 0.717) is 12.1 Å². The minimum atomic E-state index is -0.0358. The van der Waals surface area contributed by atoms with E-state index in [1.165, 1.54) is 0 Å². The average Bonchev–Trinajstić information content (AvgIpc) is 2.75. The molecule has 0 bridgehead atoms. The van der Waals surface area contributed by atoms with Gasteiger partial charge in [-0.3, -0.25) is 14.5 Å². The van der Waals surface area contributed by atoms with E-state index in [4.69, 9.17) is 0 Å². The van der Waals surface area contributed by atoms with Crippen molar-refractivity contribution < 1.29 is 4.79 Å². The van der Waals surface area contributed by atoms with Crippen molar-refractivity contribution in [3.05, 3.63) is 47.5 Å². The number of amides is 1. The quantitative estimate of drug-likeness (QED) is 0.820. The van der Waals surface area contributed by atoms with Gasteiger partial charge in [-0.1, -0.05) is 0 Å². The summed E-state index contributed by atoms with van der Waals surface area (Å²) in [5.74, 6) is -0.0358. The van der Waals surface area contributed by atoms with Gasteiger partial charge in [0.05, 0.1) is 11.8 Å². The molecule has 0 saturated carbocycles. The highest BCUT2D eigenvalue weighted by Gasteiger charge is 2.12. The zero-order valence-corrected chi connectivity index (χ0v) is 10.8. The molecule has 0 aliphatic heterocycles. The molecule has 2 aromatic rings. The van der Waals surface area contributed by atoms with Gasteiger partial charge >= 0.3 is 0 Å². The highest BCUT2D eigenvalue weighted by molar-refractivity contribution is 5.93. The normalized spacial score (nSPS) is 10.4. The highest BCUT2D eigenvalue weighted by Crippen LogP contribution is 2.07. The maximum atomic E-state index is 12.1. The molecule has 0 radical (unpaired) electrons. The highest BCUT2D eigenvalue weighted by atomic mass is 16.2. The Morgan fingerprint density at radius 3 is 2.72 bits per heavy atom. The molecule has 0 fully saturated rings. The SMILES string of the molecule is Cc1ccc(C(=O)N(C)Cc2cnn(C)c2)cn1. The third-order valence-corrected chi connectivity index (χ3v) is 2.68. The first-order valence-corrected chi connectivity index (χ1v) is 5.72. The maximum Gasteiger partial charge on any atom is 0.255 e. The fourth-order valence-corrected chi connectivity index (χ4v) is 1.71. The van der Waals surface area contributed by atoms with E-state index in [0.717, 1.165) is 11.3 Å². The summed E-state index contributed by atoms with van der Waals surface area (Å²) in [5.41, 5.74) is 2.52. The molecule has 18 heavy (non-hydrogen) atoms. The topological polar surface area (TPSA) is 51.0 Å². The number of hydrogen-bond donors (Lipinski definition) is 0. The molecule has 94 valence electrons. The van der Waals surface area contributed by atoms with Gasteiger partial charge < -0.3 is 4.90 Å². The number of aromatic nitrogens is 3. The fourth-order valence-electron chi connectivity index (χ4n) is 1.71. The first kappa shape index (κ1) is 12.3. The van der Waals surface area contributed by atoms with Crippen LogP contribution < -0.4 is 0 Å². The molecule has 2 aromatic heterocycles. The van der Waals surface area contributed by atoms with E-state index < -0.39 is 0 Å². The lowest BCUT2D eigenvalue weighted by atomic mass is 10.2. The molecular weight excluding hydrogens is 228 g/mol. The molecule has 0 N–H and O–H groups in total. The number of aryl methyl sites for hydroxylation is 2. The van der Waals surface area contributed by atoms with Crippen LogP contribution in [0.3, 0.4) is 0 Å². The van der Waals surface area contributed by atoms with Crippen LogP contribution >= 0.6 is 0 Å². The van der Waals surface area contributed by atoms with Crippen molar-refractivity contribution in [1.82, 2.24) is 19.7 Å². The van der Waals surface area contributed by atoms with Crippen LogP contribution in [0.1, 0.15) is 21.6 Å². The van der Waals surface area contributed by atoms with Gasteiger partial charge in [-0.15, -0.1) is 0 Å². The number of nitrogens with zero attached hydrogens (tertiary/aromatic N) is 4. The monoisotopic (exact) mass is 244 g/mol. The summed E-state index contributed by atoms with van der Waals surface area (Å²) in [6.45, 7) is 2.44. The van der Waals surface area contributed by atoms with Crippen LogP contribution in [0.5, 0.6) is 0 Å². The third-order valence-electron chi connectivity index (χ3n) is 2.68. The zero-order valence-electron chi connectivity index (χ0n) is 10.8. The molecule has 0 unspecified atom stereocenters. The van der Waals surface area contributed by atoms with Gasteiger partial charge in [0.15, 0.2) is 0 Å². The summed E-state index contributed by atoms with van der Waals surface area (Å²) in [7, 11) is 3.63. The predicted molar refractivity (Wildman–Crippen MR) is 68.0 cm³/mol. The molecule has 2 rings (SSSR count). The van der Waals surface area contributed by atoms with E-state index >= 15 is 0 Å². The van der Waals surface area contributed by atoms with Crippen LogP contribution in [-0.4, -0.2) is 32.6 Å². The standard InChI is InChI=1S/C13H16N4O/c1-10-4-5-12(7-14-10)13(18)16(2)8-11-6-15-17(3)9-11/h4-7,9H,8H2,1-3H3. The second kappa shape index (κ2) is 5.00. The van der Waals surface area contributed by atoms with Crippen molar-refractivity contribution in [1.29, 1.82) is 0 Å². The van der Waals surface area contributed by atoms with Gasteiger partial charge in [0.25, 0.3) is 5.91 Å². The number of pyridine rings is 1. The second-order valence-electron chi connectivity index (χ2n) is 4.37. The summed E-state index contributed by atoms with van der Waals surface area (Å²) in [6, 6.07) is 3.63. The lowest BCUT2D eigenvalue weighted by Gasteiger charge is -2.16. The average molecular weight is 244 g/mol. The molecule has 5 nitrogen and oxygen atoms in total. The van der Waals surface area contributed by atoms with Crippen LogP contribution in [0, 0.1) is 6.92 Å². The number of rotatable bonds is 3. The molecule has 0 aliphatic carbocycles. The van der Waals surface area contributed by atoms with E-state index in [1.54, 1.807) is 35.1 Å². The van der Waals surface area contributed by atoms with Crippen molar-refractivity contribution in [3.63, 3.8) is 0 Å². The second-order valence-corrected chi connectivity index (χ2v) is 4.37. The third kappa shape index (κ3) is 2.74. The van der Waals surface area contributed by atoms with Crippen molar-refractivity contribution in [2.24, 2.45) is 7.05 Å². The van der Waals surface area contributed by atoms with E-state index in [2.05, 4.69) is 10.1 Å². The molecule has 0 spiro atoms. The van der Waals surface area contributed by atoms with Crippen LogP contribution in [0.15, 0.2) is 30.7 Å². The van der Waals surface area contributed by atoms with Crippen LogP contribution in [-0.2, 0) is 13.6 Å². The van der Waals surface area contributed by atoms with Crippen molar-refractivity contribution >= 4 is 5.91 Å². The van der Waals surface area contributed by atoms with Crippen molar-refractivity contribution in [2.45, 2.75) is 13.5 Å². The molecule has 0 aromatic carbocycles. The molecule has 2 heterocycles. The van der Waals surface area contributed by atoms with Crippen molar-refractivity contribution in [3.8, 4) is 0 Å². The number of carbonyl (C=O) groups excluding carboxylic acids is 1. The maximum absolute atomic E-state index is 12.1. The Balaban J connectivity index is 2.07. The minimum absolute atomic E-state index is 0.0358. The largest absolute Gasteiger partial charge is 0.337 e. The van der Waals surface area contributed by atoms with Gasteiger partial charge in [-0.05, 0) is 19.1 Å². The molecule has 0 saturated heterocycles. The first-order valence-electron chi connectivity index (χ1n) is 5.72. The Bertz CT molecular complexity index is 544. The molecule has 0 aliphatic rings. The smallest absolute Gasteiger partial charge is 0.255 e. The van der Waals surface area contributed by atoms with Crippen molar-refractivity contribution in [2.75, 3.05) is 7.05 Å². The molecular formula is C13H16N4O. The first-order chi connectivity index (χ1) is 8.56. The molecule has 0 atom stereocenters. The zero-order chi connectivity index (χ0) is 13.1. The Hall–Kier alpha value is -2.17. The fraction of sp³-hybridized carbons (Fsp3) is 0.308. The van der Waals surface area contributed by atoms with E-state index in [-0.39, 0.29) is 5.91 Å². The predicted octanol–water partition coefficient (Wildman–Crippen LogP) is 1.40. The minimum Gasteiger partial charge on any atom is -0.337 e. The summed E-state index contributed by atoms with van der Waals surface area (Å²) >= 11 is 0. The van der Waals surface area contributed by atoms with Gasteiger partial charge in [0, 0.05) is 44.3 Å². The Morgan fingerprint density at radius 2 is 2.17 bits per heavy atom. The Kier molecular flexibility index (Phi) is 3.41. The summed E-state index contributed by atoms with van der Waals surface area (Å²) in [5, 5.41) is 4.08. The number of carbonyl (C=O) groups is 1. The van der Waals surface area contributed by atoms with Gasteiger partial charge in [0.2, 0.25) is 0 Å². The lowest BCUT2D eigenvalue weighted by molar-refractivity contribution is 0.0784. The molecule has 1 amide bonds. The Labute approximate surface area is 106 Å². The van der Waals surface area contributed by atoms with E-state index in [9.17, 15) is 4.79 Å². The van der Waals surface area contributed by atoms with E-state index in [1.807, 2.05) is 26.2 Å². The van der Waals surface area contributed by atoms with Gasteiger partial charge in [-0.25, -0.2) is 0 Å². The summed E-state index contributed by atoms with van der Waals surface area (Å²) in [6.07, 6.45) is 5.27. The number of hydrogen-bond acceptors (Lipinski definition) is 3. The van der Waals surface area contributed by atoms with Crippen LogP contribution in [0.2, 0.25) is 0 Å². The Morgan fingerprint density at radius 1 is 1.39 bits per heavy atom. The van der Waals surface area contributed by atoms with Crippen LogP contribution in [0.25, 0.3) is 0 Å².